The predicted molar refractivity (Wildman–Crippen MR) is 78.6 cm³/mol. The van der Waals surface area contributed by atoms with Gasteiger partial charge < -0.3 is 9.84 Å². The van der Waals surface area contributed by atoms with Gasteiger partial charge in [0.25, 0.3) is 0 Å². The zero-order chi connectivity index (χ0) is 14.7. The first-order valence-corrected chi connectivity index (χ1v) is 7.55. The van der Waals surface area contributed by atoms with E-state index in [-0.39, 0.29) is 0 Å². The van der Waals surface area contributed by atoms with Crippen molar-refractivity contribution in [3.63, 3.8) is 0 Å². The molecule has 0 aromatic carbocycles. The average molecular weight is 287 g/mol. The molecule has 3 rings (SSSR count). The van der Waals surface area contributed by atoms with Crippen LogP contribution < -0.4 is 5.32 Å². The highest BCUT2D eigenvalue weighted by Gasteiger charge is 2.26. The predicted octanol–water partition coefficient (Wildman–Crippen LogP) is 2.16. The van der Waals surface area contributed by atoms with Crippen LogP contribution in [0.25, 0.3) is 11.6 Å². The Labute approximate surface area is 124 Å². The van der Waals surface area contributed by atoms with Crippen LogP contribution in [0.1, 0.15) is 37.1 Å². The van der Waals surface area contributed by atoms with Gasteiger partial charge >= 0.3 is 0 Å². The third kappa shape index (κ3) is 3.26. The molecule has 0 radical (unpaired) electrons. The normalized spacial score (nSPS) is 22.4. The lowest BCUT2D eigenvalue weighted by atomic mass is 9.82. The number of hydrogen-bond donors (Lipinski definition) is 1. The van der Waals surface area contributed by atoms with Gasteiger partial charge in [-0.3, -0.25) is 0 Å². The second kappa shape index (κ2) is 6.30. The molecule has 1 fully saturated rings. The van der Waals surface area contributed by atoms with Gasteiger partial charge in [0.15, 0.2) is 0 Å². The smallest absolute Gasteiger partial charge is 0.240 e. The van der Waals surface area contributed by atoms with E-state index in [1.807, 2.05) is 14.0 Å². The van der Waals surface area contributed by atoms with Crippen LogP contribution in [0.15, 0.2) is 16.9 Å². The molecular weight excluding hydrogens is 266 g/mol. The molecule has 0 saturated heterocycles. The zero-order valence-corrected chi connectivity index (χ0v) is 12.5. The zero-order valence-electron chi connectivity index (χ0n) is 12.5. The topological polar surface area (TPSA) is 76.7 Å². The Morgan fingerprint density at radius 3 is 2.71 bits per heavy atom. The molecular formula is C15H21N5O. The van der Waals surface area contributed by atoms with Gasteiger partial charge in [0, 0.05) is 24.9 Å². The highest BCUT2D eigenvalue weighted by molar-refractivity contribution is 5.40. The van der Waals surface area contributed by atoms with Crippen molar-refractivity contribution in [2.24, 2.45) is 5.92 Å². The van der Waals surface area contributed by atoms with E-state index in [4.69, 9.17) is 4.52 Å². The Kier molecular flexibility index (Phi) is 4.24. The lowest BCUT2D eigenvalue weighted by Crippen LogP contribution is -2.37. The average Bonchev–Trinajstić information content (AvgIpc) is 2.97. The maximum absolute atomic E-state index is 5.38. The fourth-order valence-electron chi connectivity index (χ4n) is 2.99. The van der Waals surface area contributed by atoms with E-state index in [1.54, 1.807) is 12.4 Å². The van der Waals surface area contributed by atoms with E-state index >= 15 is 0 Å². The first-order valence-electron chi connectivity index (χ1n) is 7.55. The molecule has 2 aromatic heterocycles. The molecule has 1 saturated carbocycles. The molecule has 2 atom stereocenters. The quantitative estimate of drug-likeness (QED) is 0.928. The second-order valence-corrected chi connectivity index (χ2v) is 5.74. The van der Waals surface area contributed by atoms with Crippen LogP contribution in [0.4, 0.5) is 0 Å². The lowest BCUT2D eigenvalue weighted by Gasteiger charge is -2.30. The summed E-state index contributed by atoms with van der Waals surface area (Å²) in [6, 6.07) is 0.546. The van der Waals surface area contributed by atoms with Crippen molar-refractivity contribution < 1.29 is 4.52 Å². The number of aromatic nitrogens is 4. The van der Waals surface area contributed by atoms with Crippen LogP contribution in [0, 0.1) is 12.8 Å². The van der Waals surface area contributed by atoms with Crippen LogP contribution in [0.5, 0.6) is 0 Å². The molecule has 1 N–H and O–H groups in total. The summed E-state index contributed by atoms with van der Waals surface area (Å²) in [7, 11) is 2.03. The molecule has 21 heavy (non-hydrogen) atoms. The molecule has 0 bridgehead atoms. The first kappa shape index (κ1) is 14.1. The lowest BCUT2D eigenvalue weighted by molar-refractivity contribution is 0.248. The summed E-state index contributed by atoms with van der Waals surface area (Å²) in [5.74, 6) is 2.24. The summed E-state index contributed by atoms with van der Waals surface area (Å²) in [6.45, 7) is 1.95. The Bertz CT molecular complexity index is 580. The fraction of sp³-hybridized carbons (Fsp3) is 0.600. The summed E-state index contributed by atoms with van der Waals surface area (Å²) in [5, 5.41) is 7.41. The maximum Gasteiger partial charge on any atom is 0.240 e. The molecule has 2 heterocycles. The van der Waals surface area contributed by atoms with Crippen molar-refractivity contribution in [1.82, 2.24) is 25.4 Å². The molecule has 1 aliphatic carbocycles. The van der Waals surface area contributed by atoms with Gasteiger partial charge in [0.2, 0.25) is 17.5 Å². The Morgan fingerprint density at radius 1 is 1.19 bits per heavy atom. The standard InChI is InChI=1S/C15H21N5O/c1-10-8-17-14(18-9-10)15-19-13(21-20-15)7-11-5-3-4-6-12(11)16-2/h8-9,11-12,16H,3-7H2,1-2H3. The number of aryl methyl sites for hydroxylation is 1. The Morgan fingerprint density at radius 2 is 1.95 bits per heavy atom. The molecule has 2 unspecified atom stereocenters. The maximum atomic E-state index is 5.38. The van der Waals surface area contributed by atoms with Crippen LogP contribution >= 0.6 is 0 Å². The molecule has 6 nitrogen and oxygen atoms in total. The van der Waals surface area contributed by atoms with Crippen LogP contribution in [-0.2, 0) is 6.42 Å². The van der Waals surface area contributed by atoms with Crippen molar-refractivity contribution in [2.75, 3.05) is 7.05 Å². The van der Waals surface area contributed by atoms with Crippen molar-refractivity contribution in [3.8, 4) is 11.6 Å². The van der Waals surface area contributed by atoms with E-state index in [2.05, 4.69) is 25.4 Å². The summed E-state index contributed by atoms with van der Waals surface area (Å²) in [4.78, 5) is 12.9. The van der Waals surface area contributed by atoms with Gasteiger partial charge in [-0.2, -0.15) is 4.98 Å². The van der Waals surface area contributed by atoms with E-state index in [9.17, 15) is 0 Å². The number of nitrogens with zero attached hydrogens (tertiary/aromatic N) is 4. The van der Waals surface area contributed by atoms with Crippen LogP contribution in [0.2, 0.25) is 0 Å². The van der Waals surface area contributed by atoms with Gasteiger partial charge in [0.05, 0.1) is 0 Å². The fourth-order valence-corrected chi connectivity index (χ4v) is 2.99. The van der Waals surface area contributed by atoms with Crippen molar-refractivity contribution >= 4 is 0 Å². The Balaban J connectivity index is 1.71. The molecule has 2 aromatic rings. The summed E-state index contributed by atoms with van der Waals surface area (Å²) in [5.41, 5.74) is 1.02. The van der Waals surface area contributed by atoms with E-state index in [0.717, 1.165) is 12.0 Å². The summed E-state index contributed by atoms with van der Waals surface area (Å²) < 4.78 is 5.38. The first-order chi connectivity index (χ1) is 10.3. The second-order valence-electron chi connectivity index (χ2n) is 5.74. The molecule has 6 heteroatoms. The highest BCUT2D eigenvalue weighted by atomic mass is 16.5. The van der Waals surface area contributed by atoms with Gasteiger partial charge in [0.1, 0.15) is 0 Å². The van der Waals surface area contributed by atoms with Crippen molar-refractivity contribution in [1.29, 1.82) is 0 Å². The molecule has 0 aliphatic heterocycles. The Hall–Kier alpha value is -1.82. The van der Waals surface area contributed by atoms with E-state index in [1.165, 1.54) is 25.7 Å². The monoisotopic (exact) mass is 287 g/mol. The van der Waals surface area contributed by atoms with Crippen molar-refractivity contribution in [3.05, 3.63) is 23.8 Å². The third-order valence-corrected chi connectivity index (χ3v) is 4.17. The van der Waals surface area contributed by atoms with Gasteiger partial charge in [-0.25, -0.2) is 9.97 Å². The number of nitrogens with one attached hydrogen (secondary N) is 1. The van der Waals surface area contributed by atoms with E-state index in [0.29, 0.717) is 29.5 Å². The molecule has 112 valence electrons. The van der Waals surface area contributed by atoms with Crippen LogP contribution in [-0.4, -0.2) is 33.2 Å². The minimum Gasteiger partial charge on any atom is -0.339 e. The molecule has 1 aliphatic rings. The van der Waals surface area contributed by atoms with E-state index < -0.39 is 0 Å². The number of hydrogen-bond acceptors (Lipinski definition) is 6. The summed E-state index contributed by atoms with van der Waals surface area (Å²) in [6.07, 6.45) is 9.37. The van der Waals surface area contributed by atoms with Gasteiger partial charge in [-0.15, -0.1) is 0 Å². The van der Waals surface area contributed by atoms with Gasteiger partial charge in [-0.1, -0.05) is 18.0 Å². The molecule has 0 spiro atoms. The summed E-state index contributed by atoms with van der Waals surface area (Å²) >= 11 is 0. The number of rotatable bonds is 4. The largest absolute Gasteiger partial charge is 0.339 e. The van der Waals surface area contributed by atoms with Crippen molar-refractivity contribution in [2.45, 2.75) is 45.1 Å². The minimum absolute atomic E-state index is 0.474. The highest BCUT2D eigenvalue weighted by Crippen LogP contribution is 2.27. The van der Waals surface area contributed by atoms with Crippen LogP contribution in [0.3, 0.4) is 0 Å². The van der Waals surface area contributed by atoms with Gasteiger partial charge in [-0.05, 0) is 38.3 Å². The SMILES string of the molecule is CNC1CCCCC1Cc1nc(-c2ncc(C)cn2)no1. The minimum atomic E-state index is 0.474. The third-order valence-electron chi connectivity index (χ3n) is 4.17. The molecule has 0 amide bonds.